The number of aromatic nitrogens is 3. The first-order valence-electron chi connectivity index (χ1n) is 8.79. The first kappa shape index (κ1) is 16.4. The van der Waals surface area contributed by atoms with Gasteiger partial charge in [-0.2, -0.15) is 5.10 Å². The van der Waals surface area contributed by atoms with Gasteiger partial charge in [-0.1, -0.05) is 18.2 Å². The lowest BCUT2D eigenvalue weighted by Gasteiger charge is -2.20. The number of amides is 1. The van der Waals surface area contributed by atoms with E-state index in [0.717, 1.165) is 37.3 Å². The number of carbonyl (C=O) groups is 2. The first-order valence-corrected chi connectivity index (χ1v) is 8.79. The lowest BCUT2D eigenvalue weighted by Crippen LogP contribution is -2.33. The van der Waals surface area contributed by atoms with Crippen molar-refractivity contribution in [3.8, 4) is 0 Å². The SMILES string of the molecule is CC(=O)C1CC(C(=O)Nc2nnc3n2CCCC3)=NN1c1ccccc1. The molecule has 0 bridgehead atoms. The molecule has 0 saturated carbocycles. The Balaban J connectivity index is 1.56. The van der Waals surface area contributed by atoms with Gasteiger partial charge in [0.1, 0.15) is 17.6 Å². The quantitative estimate of drug-likeness (QED) is 0.905. The van der Waals surface area contributed by atoms with Crippen molar-refractivity contribution >= 4 is 29.0 Å². The normalized spacial score (nSPS) is 19.0. The number of anilines is 2. The van der Waals surface area contributed by atoms with Crippen molar-refractivity contribution in [1.82, 2.24) is 14.8 Å². The van der Waals surface area contributed by atoms with Crippen LogP contribution >= 0.6 is 0 Å². The van der Waals surface area contributed by atoms with Gasteiger partial charge in [0.25, 0.3) is 5.91 Å². The van der Waals surface area contributed by atoms with E-state index in [1.807, 2.05) is 34.9 Å². The minimum Gasteiger partial charge on any atom is -0.298 e. The standard InChI is InChI=1S/C18H20N6O2/c1-12(25)15-11-14(22-24(15)13-7-3-2-4-8-13)17(26)19-18-21-20-16-9-5-6-10-23(16)18/h2-4,7-8,15H,5-6,9-11H2,1H3,(H,19,21,26). The van der Waals surface area contributed by atoms with Crippen molar-refractivity contribution in [2.45, 2.75) is 45.2 Å². The fourth-order valence-electron chi connectivity index (χ4n) is 3.36. The van der Waals surface area contributed by atoms with Gasteiger partial charge in [-0.25, -0.2) is 0 Å². The molecule has 1 aromatic carbocycles. The number of carbonyl (C=O) groups excluding carboxylic acids is 2. The molecule has 8 heteroatoms. The molecule has 134 valence electrons. The molecule has 1 amide bonds. The van der Waals surface area contributed by atoms with Crippen molar-refractivity contribution in [2.24, 2.45) is 5.10 Å². The zero-order valence-electron chi connectivity index (χ0n) is 14.6. The van der Waals surface area contributed by atoms with Crippen molar-refractivity contribution in [3.05, 3.63) is 36.2 Å². The number of benzene rings is 1. The number of aryl methyl sites for hydroxylation is 1. The second-order valence-corrected chi connectivity index (χ2v) is 6.56. The molecule has 4 rings (SSSR count). The highest BCUT2D eigenvalue weighted by molar-refractivity contribution is 6.44. The van der Waals surface area contributed by atoms with Crippen LogP contribution in [0, 0.1) is 0 Å². The Morgan fingerprint density at radius 3 is 2.73 bits per heavy atom. The molecule has 1 atom stereocenters. The van der Waals surface area contributed by atoms with E-state index in [-0.39, 0.29) is 18.1 Å². The number of hydrogen-bond donors (Lipinski definition) is 1. The van der Waals surface area contributed by atoms with Gasteiger partial charge < -0.3 is 0 Å². The molecule has 2 aliphatic rings. The molecule has 26 heavy (non-hydrogen) atoms. The Hall–Kier alpha value is -3.03. The number of hydrazone groups is 1. The number of nitrogens with zero attached hydrogens (tertiary/aromatic N) is 5. The summed E-state index contributed by atoms with van der Waals surface area (Å²) in [6.45, 7) is 2.32. The smallest absolute Gasteiger partial charge is 0.274 e. The van der Waals surface area contributed by atoms with E-state index in [0.29, 0.717) is 11.7 Å². The number of para-hydroxylation sites is 1. The molecule has 0 fully saturated rings. The Morgan fingerprint density at radius 1 is 1.15 bits per heavy atom. The second kappa shape index (κ2) is 6.70. The van der Waals surface area contributed by atoms with E-state index >= 15 is 0 Å². The number of rotatable bonds is 4. The van der Waals surface area contributed by atoms with Gasteiger partial charge in [0, 0.05) is 19.4 Å². The molecule has 1 N–H and O–H groups in total. The Kier molecular flexibility index (Phi) is 4.24. The largest absolute Gasteiger partial charge is 0.298 e. The minimum absolute atomic E-state index is 0.0275. The van der Waals surface area contributed by atoms with Gasteiger partial charge in [0.05, 0.1) is 5.69 Å². The summed E-state index contributed by atoms with van der Waals surface area (Å²) in [6, 6.07) is 8.93. The van der Waals surface area contributed by atoms with Crippen LogP contribution in [0.5, 0.6) is 0 Å². The van der Waals surface area contributed by atoms with Gasteiger partial charge in [-0.3, -0.25) is 24.5 Å². The summed E-state index contributed by atoms with van der Waals surface area (Å²) in [6.07, 6.45) is 3.28. The fourth-order valence-corrected chi connectivity index (χ4v) is 3.36. The van der Waals surface area contributed by atoms with Crippen LogP contribution in [0.15, 0.2) is 35.4 Å². The molecule has 3 heterocycles. The summed E-state index contributed by atoms with van der Waals surface area (Å²) in [4.78, 5) is 24.7. The third kappa shape index (κ3) is 2.98. The van der Waals surface area contributed by atoms with E-state index < -0.39 is 6.04 Å². The Labute approximate surface area is 150 Å². The number of ketones is 1. The summed E-state index contributed by atoms with van der Waals surface area (Å²) >= 11 is 0. The van der Waals surface area contributed by atoms with Crippen molar-refractivity contribution < 1.29 is 9.59 Å². The highest BCUT2D eigenvalue weighted by Gasteiger charge is 2.34. The minimum atomic E-state index is -0.467. The number of fused-ring (bicyclic) bond motifs is 1. The molecule has 1 aromatic heterocycles. The molecular weight excluding hydrogens is 332 g/mol. The highest BCUT2D eigenvalue weighted by atomic mass is 16.2. The average Bonchev–Trinajstić information content (AvgIpc) is 3.28. The summed E-state index contributed by atoms with van der Waals surface area (Å²) < 4.78 is 1.94. The van der Waals surface area contributed by atoms with Crippen molar-refractivity contribution in [3.63, 3.8) is 0 Å². The molecule has 2 aromatic rings. The van der Waals surface area contributed by atoms with Crippen LogP contribution in [0.4, 0.5) is 11.6 Å². The van der Waals surface area contributed by atoms with Crippen molar-refractivity contribution in [2.75, 3.05) is 10.3 Å². The van der Waals surface area contributed by atoms with Gasteiger partial charge in [-0.15, -0.1) is 10.2 Å². The third-order valence-electron chi connectivity index (χ3n) is 4.75. The van der Waals surface area contributed by atoms with E-state index in [4.69, 9.17) is 0 Å². The van der Waals surface area contributed by atoms with E-state index in [9.17, 15) is 9.59 Å². The topological polar surface area (TPSA) is 92.5 Å². The van der Waals surface area contributed by atoms with Gasteiger partial charge in [0.15, 0.2) is 5.78 Å². The van der Waals surface area contributed by atoms with E-state index in [1.54, 1.807) is 5.01 Å². The maximum Gasteiger partial charge on any atom is 0.274 e. The molecule has 2 aliphatic heterocycles. The average molecular weight is 352 g/mol. The zero-order chi connectivity index (χ0) is 18.1. The van der Waals surface area contributed by atoms with Crippen LogP contribution in [0.2, 0.25) is 0 Å². The fraction of sp³-hybridized carbons (Fsp3) is 0.389. The van der Waals surface area contributed by atoms with Crippen LogP contribution in [0.1, 0.15) is 32.0 Å². The van der Waals surface area contributed by atoms with E-state index in [2.05, 4.69) is 20.6 Å². The molecule has 0 radical (unpaired) electrons. The second-order valence-electron chi connectivity index (χ2n) is 6.56. The molecule has 0 aliphatic carbocycles. The predicted octanol–water partition coefficient (Wildman–Crippen LogP) is 1.78. The monoisotopic (exact) mass is 352 g/mol. The number of nitrogens with one attached hydrogen (secondary N) is 1. The third-order valence-corrected chi connectivity index (χ3v) is 4.75. The zero-order valence-corrected chi connectivity index (χ0v) is 14.6. The van der Waals surface area contributed by atoms with Crippen LogP contribution < -0.4 is 10.3 Å². The lowest BCUT2D eigenvalue weighted by molar-refractivity contribution is -0.118. The molecular formula is C18H20N6O2. The maximum atomic E-state index is 12.7. The van der Waals surface area contributed by atoms with Crippen molar-refractivity contribution in [1.29, 1.82) is 0 Å². The van der Waals surface area contributed by atoms with Gasteiger partial charge >= 0.3 is 0 Å². The molecule has 0 spiro atoms. The van der Waals surface area contributed by atoms with Crippen LogP contribution in [0.3, 0.4) is 0 Å². The maximum absolute atomic E-state index is 12.7. The van der Waals surface area contributed by atoms with Crippen LogP contribution in [-0.4, -0.2) is 38.2 Å². The predicted molar refractivity (Wildman–Crippen MR) is 97.0 cm³/mol. The summed E-state index contributed by atoms with van der Waals surface area (Å²) in [5.41, 5.74) is 1.11. The Morgan fingerprint density at radius 2 is 1.96 bits per heavy atom. The summed E-state index contributed by atoms with van der Waals surface area (Å²) in [5.74, 6) is 0.980. The van der Waals surface area contributed by atoms with Gasteiger partial charge in [0.2, 0.25) is 5.95 Å². The number of hydrogen-bond acceptors (Lipinski definition) is 6. The molecule has 0 saturated heterocycles. The lowest BCUT2D eigenvalue weighted by atomic mass is 10.1. The number of Topliss-reactive ketones (excluding diaryl/α,β-unsaturated/α-hetero) is 1. The summed E-state index contributed by atoms with van der Waals surface area (Å²) in [7, 11) is 0. The van der Waals surface area contributed by atoms with Crippen LogP contribution in [-0.2, 0) is 22.6 Å². The molecule has 8 nitrogen and oxygen atoms in total. The Bertz CT molecular complexity index is 873. The molecule has 1 unspecified atom stereocenters. The van der Waals surface area contributed by atoms with Crippen LogP contribution in [0.25, 0.3) is 0 Å². The summed E-state index contributed by atoms with van der Waals surface area (Å²) in [5, 5.41) is 17.1. The highest BCUT2D eigenvalue weighted by Crippen LogP contribution is 2.25. The van der Waals surface area contributed by atoms with E-state index in [1.165, 1.54) is 6.92 Å². The first-order chi connectivity index (χ1) is 12.6. The van der Waals surface area contributed by atoms with Gasteiger partial charge in [-0.05, 0) is 31.9 Å².